The minimum Gasteiger partial charge on any atom is -0.125 e. The second-order valence-electron chi connectivity index (χ2n) is 0.378. The lowest BCUT2D eigenvalue weighted by atomic mass is 11.0. The fraction of sp³-hybridized carbons (Fsp3) is 0.667. The maximum absolute atomic E-state index is 5.05. The van der Waals surface area contributed by atoms with Crippen LogP contribution >= 0.6 is 23.2 Å². The largest absolute Gasteiger partial charge is 0.125 e. The van der Waals surface area contributed by atoms with Gasteiger partial charge in [0.2, 0.25) is 0 Å². The topological polar surface area (TPSA) is 0 Å². The first-order valence-corrected chi connectivity index (χ1v) is 2.10. The van der Waals surface area contributed by atoms with Crippen LogP contribution in [0.25, 0.3) is 0 Å². The van der Waals surface area contributed by atoms with E-state index in [0.29, 0.717) is 11.8 Å². The molecule has 0 aromatic carbocycles. The minimum absolute atomic E-state index is 0. The van der Waals surface area contributed by atoms with Crippen molar-refractivity contribution in [3.8, 4) is 0 Å². The Bertz CT molecular complexity index is 6.85. The molecular weight excluding hydrogens is 107 g/mol. The van der Waals surface area contributed by atoms with Gasteiger partial charge < -0.3 is 0 Å². The van der Waals surface area contributed by atoms with Gasteiger partial charge in [-0.15, -0.1) is 23.2 Å². The molecule has 31 valence electrons. The van der Waals surface area contributed by atoms with Crippen molar-refractivity contribution in [2.45, 2.75) is 0 Å². The van der Waals surface area contributed by atoms with E-state index in [-0.39, 0.29) is 7.43 Å². The predicted octanol–water partition coefficient (Wildman–Crippen LogP) is 1.67. The summed E-state index contributed by atoms with van der Waals surface area (Å²) in [5, 5.41) is 0. The molecule has 0 N–H and O–H groups in total. The zero-order chi connectivity index (χ0) is 3.41. The molecular formula is C3H5Cl2. The average molecular weight is 112 g/mol. The molecule has 0 rings (SSSR count). The van der Waals surface area contributed by atoms with Crippen LogP contribution in [0.3, 0.4) is 0 Å². The maximum atomic E-state index is 5.05. The molecule has 0 aliphatic heterocycles. The van der Waals surface area contributed by atoms with E-state index in [4.69, 9.17) is 23.2 Å². The van der Waals surface area contributed by atoms with Gasteiger partial charge in [-0.25, -0.2) is 0 Å². The Balaban J connectivity index is 0. The highest BCUT2D eigenvalue weighted by atomic mass is 35.5. The normalized spacial score (nSPS) is 6.00. The third kappa shape index (κ3) is 12.2. The van der Waals surface area contributed by atoms with Crippen LogP contribution in [0.2, 0.25) is 0 Å². The number of alkyl halides is 2. The van der Waals surface area contributed by atoms with Crippen molar-refractivity contribution < 1.29 is 0 Å². The summed E-state index contributed by atoms with van der Waals surface area (Å²) in [6.45, 7) is 0. The fourth-order valence-corrected chi connectivity index (χ4v) is 0. The standard InChI is InChI=1S/C2H4Cl2.CH/c3-1-2-4;/h1-2H2;1H. The summed E-state index contributed by atoms with van der Waals surface area (Å²) in [5.41, 5.74) is 0. The molecule has 0 spiro atoms. The van der Waals surface area contributed by atoms with Crippen LogP contribution in [-0.2, 0) is 0 Å². The first-order valence-electron chi connectivity index (χ1n) is 1.03. The van der Waals surface area contributed by atoms with Gasteiger partial charge in [0.05, 0.1) is 0 Å². The van der Waals surface area contributed by atoms with Crippen molar-refractivity contribution in [1.29, 1.82) is 0 Å². The quantitative estimate of drug-likeness (QED) is 0.452. The molecule has 0 aromatic heterocycles. The second kappa shape index (κ2) is 8.82. The Morgan fingerprint density at radius 1 is 1.00 bits per heavy atom. The van der Waals surface area contributed by atoms with E-state index < -0.39 is 0 Å². The molecule has 0 unspecified atom stereocenters. The molecule has 0 saturated heterocycles. The lowest BCUT2D eigenvalue weighted by Gasteiger charge is -1.63. The second-order valence-corrected chi connectivity index (χ2v) is 1.13. The van der Waals surface area contributed by atoms with Gasteiger partial charge in [0, 0.05) is 11.8 Å². The Kier molecular flexibility index (Phi) is 16.1. The lowest BCUT2D eigenvalue weighted by Crippen LogP contribution is -1.63. The first kappa shape index (κ1) is 9.13. The molecule has 0 heterocycles. The predicted molar refractivity (Wildman–Crippen MR) is 25.7 cm³/mol. The molecule has 3 radical (unpaired) electrons. The molecule has 0 aliphatic carbocycles. The number of hydrogen-bond donors (Lipinski definition) is 0. The molecule has 0 amide bonds. The van der Waals surface area contributed by atoms with E-state index in [2.05, 4.69) is 0 Å². The molecule has 2 heteroatoms. The van der Waals surface area contributed by atoms with Crippen molar-refractivity contribution in [3.63, 3.8) is 0 Å². The monoisotopic (exact) mass is 111 g/mol. The van der Waals surface area contributed by atoms with Crippen LogP contribution in [-0.4, -0.2) is 11.8 Å². The van der Waals surface area contributed by atoms with Crippen molar-refractivity contribution in [1.82, 2.24) is 0 Å². The van der Waals surface area contributed by atoms with Gasteiger partial charge in [-0.1, -0.05) is 0 Å². The third-order valence-corrected chi connectivity index (χ3v) is 0.643. The van der Waals surface area contributed by atoms with Gasteiger partial charge in [-0.05, 0) is 7.43 Å². The van der Waals surface area contributed by atoms with Crippen LogP contribution in [0, 0.1) is 7.43 Å². The Labute approximate surface area is 43.1 Å². The average Bonchev–Trinajstić information content (AvgIpc) is 1.37. The third-order valence-electron chi connectivity index (χ3n) is 0.0714. The van der Waals surface area contributed by atoms with Gasteiger partial charge in [0.1, 0.15) is 0 Å². The summed E-state index contributed by atoms with van der Waals surface area (Å²) in [4.78, 5) is 0. The highest BCUT2D eigenvalue weighted by Gasteiger charge is 1.61. The highest BCUT2D eigenvalue weighted by molar-refractivity contribution is 6.25. The van der Waals surface area contributed by atoms with Gasteiger partial charge in [0.25, 0.3) is 0 Å². The van der Waals surface area contributed by atoms with E-state index in [1.165, 1.54) is 0 Å². The summed E-state index contributed by atoms with van der Waals surface area (Å²) >= 11 is 10.1. The van der Waals surface area contributed by atoms with Crippen molar-refractivity contribution in [2.24, 2.45) is 0 Å². The fourth-order valence-electron chi connectivity index (χ4n) is 0. The molecule has 0 saturated carbocycles. The van der Waals surface area contributed by atoms with Crippen LogP contribution in [0.15, 0.2) is 0 Å². The first-order chi connectivity index (χ1) is 1.91. The molecule has 0 nitrogen and oxygen atoms in total. The van der Waals surface area contributed by atoms with Gasteiger partial charge in [-0.3, -0.25) is 0 Å². The van der Waals surface area contributed by atoms with Crippen molar-refractivity contribution >= 4 is 23.2 Å². The van der Waals surface area contributed by atoms with E-state index >= 15 is 0 Å². The molecule has 0 aromatic rings. The summed E-state index contributed by atoms with van der Waals surface area (Å²) in [7, 11) is 0. The smallest absolute Gasteiger partial charge is 0.0359 e. The van der Waals surface area contributed by atoms with Gasteiger partial charge in [0.15, 0.2) is 0 Å². The summed E-state index contributed by atoms with van der Waals surface area (Å²) < 4.78 is 0. The zero-order valence-electron chi connectivity index (χ0n) is 2.75. The molecule has 0 fully saturated rings. The molecule has 0 atom stereocenters. The van der Waals surface area contributed by atoms with Crippen molar-refractivity contribution in [2.75, 3.05) is 11.8 Å². The molecule has 0 aliphatic rings. The number of rotatable bonds is 1. The van der Waals surface area contributed by atoms with Crippen LogP contribution < -0.4 is 0 Å². The Morgan fingerprint density at radius 2 is 1.20 bits per heavy atom. The van der Waals surface area contributed by atoms with E-state index in [9.17, 15) is 0 Å². The molecule has 5 heavy (non-hydrogen) atoms. The SMILES string of the molecule is ClCCCl.[CH]. The zero-order valence-corrected chi connectivity index (χ0v) is 4.26. The van der Waals surface area contributed by atoms with E-state index in [1.54, 1.807) is 0 Å². The summed E-state index contributed by atoms with van der Waals surface area (Å²) in [6.07, 6.45) is 0. The lowest BCUT2D eigenvalue weighted by molar-refractivity contribution is 1.52. The number of hydrogen-bond acceptors (Lipinski definition) is 0. The van der Waals surface area contributed by atoms with E-state index in [0.717, 1.165) is 0 Å². The summed E-state index contributed by atoms with van der Waals surface area (Å²) in [5.74, 6) is 1.11. The Morgan fingerprint density at radius 3 is 1.20 bits per heavy atom. The number of halogens is 2. The minimum atomic E-state index is 0. The van der Waals surface area contributed by atoms with Crippen LogP contribution in [0.5, 0.6) is 0 Å². The highest BCUT2D eigenvalue weighted by Crippen LogP contribution is 1.75. The Hall–Kier alpha value is 0.580. The molecule has 0 bridgehead atoms. The summed E-state index contributed by atoms with van der Waals surface area (Å²) in [6, 6.07) is 0. The van der Waals surface area contributed by atoms with Crippen molar-refractivity contribution in [3.05, 3.63) is 7.43 Å². The van der Waals surface area contributed by atoms with Crippen LogP contribution in [0.1, 0.15) is 0 Å². The van der Waals surface area contributed by atoms with E-state index in [1.807, 2.05) is 0 Å². The van der Waals surface area contributed by atoms with Gasteiger partial charge in [-0.2, -0.15) is 0 Å². The maximum Gasteiger partial charge on any atom is 0.0359 e. The van der Waals surface area contributed by atoms with Gasteiger partial charge >= 0.3 is 0 Å². The van der Waals surface area contributed by atoms with Crippen LogP contribution in [0.4, 0.5) is 0 Å².